The number of hydrogen-bond donors (Lipinski definition) is 1. The van der Waals surface area contributed by atoms with Crippen molar-refractivity contribution >= 4 is 11.8 Å². The van der Waals surface area contributed by atoms with Gasteiger partial charge in [0.05, 0.1) is 24.5 Å². The molecule has 2 aromatic rings. The lowest BCUT2D eigenvalue weighted by Crippen LogP contribution is -2.46. The molecule has 0 saturated carbocycles. The quantitative estimate of drug-likeness (QED) is 0.796. The maximum absolute atomic E-state index is 13.3. The molecule has 8 heteroatoms. The van der Waals surface area contributed by atoms with Crippen LogP contribution in [0.1, 0.15) is 58.0 Å². The third-order valence-corrected chi connectivity index (χ3v) is 7.06. The van der Waals surface area contributed by atoms with Crippen LogP contribution in [0.4, 0.5) is 0 Å². The summed E-state index contributed by atoms with van der Waals surface area (Å²) in [4.78, 5) is 44.9. The van der Waals surface area contributed by atoms with E-state index in [1.165, 1.54) is 12.5 Å². The zero-order valence-electron chi connectivity index (χ0n) is 17.7. The van der Waals surface area contributed by atoms with Gasteiger partial charge in [-0.15, -0.1) is 0 Å². The molecule has 5 heterocycles. The van der Waals surface area contributed by atoms with Gasteiger partial charge >= 0.3 is 0 Å². The Labute approximate surface area is 180 Å². The van der Waals surface area contributed by atoms with Crippen molar-refractivity contribution in [2.24, 2.45) is 5.41 Å². The van der Waals surface area contributed by atoms with Crippen LogP contribution < -0.4 is 5.56 Å². The van der Waals surface area contributed by atoms with Crippen LogP contribution >= 0.6 is 0 Å². The molecule has 164 valence electrons. The number of pyridine rings is 1. The summed E-state index contributed by atoms with van der Waals surface area (Å²) in [6, 6.07) is 1.64. The minimum atomic E-state index is -0.350. The molecular weight excluding hydrogens is 398 g/mol. The summed E-state index contributed by atoms with van der Waals surface area (Å²) in [5, 5.41) is 0. The van der Waals surface area contributed by atoms with Crippen molar-refractivity contribution in [3.8, 4) is 0 Å². The minimum Gasteiger partial charge on any atom is -0.472 e. The SMILES string of the molecule is CC1CC2(CCN(C(=O)c3c4c(c[nH]c3=O)CN(C(=O)c3ccoc3)CC4)CC2)CO1. The molecule has 31 heavy (non-hydrogen) atoms. The van der Waals surface area contributed by atoms with E-state index in [9.17, 15) is 14.4 Å². The Bertz CT molecular complexity index is 1050. The molecule has 1 unspecified atom stereocenters. The van der Waals surface area contributed by atoms with E-state index in [0.717, 1.165) is 37.0 Å². The van der Waals surface area contributed by atoms with Crippen molar-refractivity contribution in [2.45, 2.75) is 45.3 Å². The van der Waals surface area contributed by atoms with Gasteiger partial charge in [0.2, 0.25) is 0 Å². The highest BCUT2D eigenvalue weighted by Crippen LogP contribution is 2.42. The summed E-state index contributed by atoms with van der Waals surface area (Å²) in [5.74, 6) is -0.317. The Balaban J connectivity index is 1.34. The van der Waals surface area contributed by atoms with E-state index in [1.807, 2.05) is 4.90 Å². The van der Waals surface area contributed by atoms with E-state index >= 15 is 0 Å². The first-order valence-electron chi connectivity index (χ1n) is 10.9. The van der Waals surface area contributed by atoms with Crippen molar-refractivity contribution < 1.29 is 18.7 Å². The number of nitrogens with zero attached hydrogens (tertiary/aromatic N) is 2. The Morgan fingerprint density at radius 3 is 2.65 bits per heavy atom. The van der Waals surface area contributed by atoms with E-state index in [4.69, 9.17) is 9.15 Å². The number of furan rings is 1. The van der Waals surface area contributed by atoms with E-state index < -0.39 is 0 Å². The average molecular weight is 425 g/mol. The van der Waals surface area contributed by atoms with Gasteiger partial charge in [-0.05, 0) is 55.2 Å². The molecule has 5 rings (SSSR count). The number of fused-ring (bicyclic) bond motifs is 1. The minimum absolute atomic E-state index is 0.118. The van der Waals surface area contributed by atoms with Gasteiger partial charge in [-0.1, -0.05) is 0 Å². The second-order valence-electron chi connectivity index (χ2n) is 9.10. The number of carbonyl (C=O) groups is 2. The number of ether oxygens (including phenoxy) is 1. The molecule has 2 fully saturated rings. The number of piperidine rings is 1. The van der Waals surface area contributed by atoms with Crippen molar-refractivity contribution in [1.29, 1.82) is 0 Å². The molecule has 2 amide bonds. The summed E-state index contributed by atoms with van der Waals surface area (Å²) in [6.45, 7) is 4.96. The lowest BCUT2D eigenvalue weighted by Gasteiger charge is -2.38. The van der Waals surface area contributed by atoms with Crippen molar-refractivity contribution in [1.82, 2.24) is 14.8 Å². The predicted octanol–water partition coefficient (Wildman–Crippen LogP) is 2.20. The third-order valence-electron chi connectivity index (χ3n) is 7.06. The van der Waals surface area contributed by atoms with Gasteiger partial charge in [-0.2, -0.15) is 0 Å². The second kappa shape index (κ2) is 7.67. The van der Waals surface area contributed by atoms with Gasteiger partial charge in [0.15, 0.2) is 0 Å². The van der Waals surface area contributed by atoms with Crippen LogP contribution in [0, 0.1) is 5.41 Å². The molecule has 3 aliphatic rings. The first-order valence-corrected chi connectivity index (χ1v) is 10.9. The predicted molar refractivity (Wildman–Crippen MR) is 112 cm³/mol. The Kier molecular flexibility index (Phi) is 4.97. The molecule has 0 aromatic carbocycles. The number of carbonyl (C=O) groups excluding carboxylic acids is 2. The van der Waals surface area contributed by atoms with E-state index in [1.54, 1.807) is 17.2 Å². The van der Waals surface area contributed by atoms with Gasteiger partial charge in [-0.3, -0.25) is 14.4 Å². The van der Waals surface area contributed by atoms with Gasteiger partial charge in [0.25, 0.3) is 17.4 Å². The Hall–Kier alpha value is -2.87. The van der Waals surface area contributed by atoms with E-state index in [0.29, 0.717) is 38.2 Å². The largest absolute Gasteiger partial charge is 0.472 e. The summed E-state index contributed by atoms with van der Waals surface area (Å²) < 4.78 is 10.8. The number of amides is 2. The normalized spacial score (nSPS) is 22.5. The molecule has 1 atom stereocenters. The number of aromatic nitrogens is 1. The van der Waals surface area contributed by atoms with Crippen molar-refractivity contribution in [3.63, 3.8) is 0 Å². The van der Waals surface area contributed by atoms with Gasteiger partial charge < -0.3 is 23.9 Å². The summed E-state index contributed by atoms with van der Waals surface area (Å²) in [5.41, 5.74) is 2.14. The molecule has 0 bridgehead atoms. The standard InChI is InChI=1S/C23H27N3O5/c1-15-10-23(14-31-15)4-7-25(8-5-23)22(29)19-18-2-6-26(12-17(18)11-24-20(19)27)21(28)16-3-9-30-13-16/h3,9,11,13,15H,2,4-8,10,12,14H2,1H3,(H,24,27). The lowest BCUT2D eigenvalue weighted by molar-refractivity contribution is 0.0504. The Morgan fingerprint density at radius 1 is 1.16 bits per heavy atom. The zero-order valence-corrected chi connectivity index (χ0v) is 17.7. The number of rotatable bonds is 2. The van der Waals surface area contributed by atoms with Crippen LogP contribution in [0.3, 0.4) is 0 Å². The first kappa shape index (κ1) is 20.1. The fourth-order valence-electron chi connectivity index (χ4n) is 5.27. The molecule has 2 aromatic heterocycles. The van der Waals surface area contributed by atoms with E-state index in [2.05, 4.69) is 11.9 Å². The monoisotopic (exact) mass is 425 g/mol. The number of aromatic amines is 1. The highest BCUT2D eigenvalue weighted by Gasteiger charge is 2.42. The molecule has 1 N–H and O–H groups in total. The molecule has 0 aliphatic carbocycles. The first-order chi connectivity index (χ1) is 15.0. The Morgan fingerprint density at radius 2 is 1.97 bits per heavy atom. The number of nitrogens with one attached hydrogen (secondary N) is 1. The number of H-pyrrole nitrogens is 1. The average Bonchev–Trinajstić information content (AvgIpc) is 3.43. The highest BCUT2D eigenvalue weighted by atomic mass is 16.5. The van der Waals surface area contributed by atoms with Gasteiger partial charge in [0.1, 0.15) is 11.8 Å². The van der Waals surface area contributed by atoms with Gasteiger partial charge in [-0.25, -0.2) is 0 Å². The van der Waals surface area contributed by atoms with Crippen LogP contribution in [0.15, 0.2) is 34.0 Å². The van der Waals surface area contributed by atoms with Crippen LogP contribution in [0.25, 0.3) is 0 Å². The maximum Gasteiger partial charge on any atom is 0.261 e. The molecule has 3 aliphatic heterocycles. The van der Waals surface area contributed by atoms with Crippen molar-refractivity contribution in [3.05, 3.63) is 57.4 Å². The fraction of sp³-hybridized carbons (Fsp3) is 0.522. The third kappa shape index (κ3) is 3.59. The molecule has 1 spiro atoms. The summed E-state index contributed by atoms with van der Waals surface area (Å²) in [7, 11) is 0. The van der Waals surface area contributed by atoms with Crippen LogP contribution in [-0.2, 0) is 17.7 Å². The van der Waals surface area contributed by atoms with E-state index in [-0.39, 0.29) is 34.5 Å². The molecular formula is C23H27N3O5. The summed E-state index contributed by atoms with van der Waals surface area (Å²) in [6.07, 6.45) is 8.14. The summed E-state index contributed by atoms with van der Waals surface area (Å²) >= 11 is 0. The number of likely N-dealkylation sites (tertiary alicyclic amines) is 1. The fourth-order valence-corrected chi connectivity index (χ4v) is 5.27. The smallest absolute Gasteiger partial charge is 0.261 e. The molecule has 8 nitrogen and oxygen atoms in total. The zero-order chi connectivity index (χ0) is 21.6. The van der Waals surface area contributed by atoms with Crippen LogP contribution in [0.5, 0.6) is 0 Å². The highest BCUT2D eigenvalue weighted by molar-refractivity contribution is 5.96. The maximum atomic E-state index is 13.3. The van der Waals surface area contributed by atoms with Crippen LogP contribution in [-0.4, -0.2) is 58.9 Å². The number of hydrogen-bond acceptors (Lipinski definition) is 5. The molecule has 2 saturated heterocycles. The van der Waals surface area contributed by atoms with Crippen molar-refractivity contribution in [2.75, 3.05) is 26.2 Å². The lowest BCUT2D eigenvalue weighted by atomic mass is 9.76. The van der Waals surface area contributed by atoms with Crippen LogP contribution in [0.2, 0.25) is 0 Å². The van der Waals surface area contributed by atoms with Gasteiger partial charge in [0, 0.05) is 32.4 Å². The second-order valence-corrected chi connectivity index (χ2v) is 9.10. The molecule has 0 radical (unpaired) electrons. The topological polar surface area (TPSA) is 95.9 Å².